The Labute approximate surface area is 166 Å². The Balaban J connectivity index is 1.54. The lowest BCUT2D eigenvalue weighted by Crippen LogP contribution is -2.13. The molecule has 26 heavy (non-hydrogen) atoms. The van der Waals surface area contributed by atoms with E-state index in [1.165, 1.54) is 0 Å². The summed E-state index contributed by atoms with van der Waals surface area (Å²) in [5.74, 6) is -0.178. The number of halogens is 1. The molecule has 3 aromatic carbocycles. The molecule has 1 amide bonds. The van der Waals surface area contributed by atoms with Crippen LogP contribution in [-0.4, -0.2) is 11.7 Å². The first-order valence-corrected chi connectivity index (χ1v) is 9.44. The lowest BCUT2D eigenvalue weighted by Gasteiger charge is -2.06. The second-order valence-electron chi connectivity index (χ2n) is 5.92. The molecular formula is C22H18INO2. The number of benzene rings is 3. The van der Waals surface area contributed by atoms with Gasteiger partial charge in [-0.05, 0) is 58.0 Å². The van der Waals surface area contributed by atoms with Gasteiger partial charge in [-0.25, -0.2) is 0 Å². The van der Waals surface area contributed by atoms with Gasteiger partial charge in [-0.3, -0.25) is 9.59 Å². The van der Waals surface area contributed by atoms with Gasteiger partial charge in [0.25, 0.3) is 0 Å². The largest absolute Gasteiger partial charge is 0.326 e. The molecule has 0 aliphatic carbocycles. The molecule has 4 heteroatoms. The van der Waals surface area contributed by atoms with Crippen LogP contribution >= 0.6 is 22.6 Å². The van der Waals surface area contributed by atoms with Gasteiger partial charge in [-0.2, -0.15) is 0 Å². The van der Waals surface area contributed by atoms with Gasteiger partial charge in [0.2, 0.25) is 5.91 Å². The first-order valence-electron chi connectivity index (χ1n) is 8.36. The van der Waals surface area contributed by atoms with Gasteiger partial charge in [-0.15, -0.1) is 0 Å². The van der Waals surface area contributed by atoms with Crippen LogP contribution in [0.4, 0.5) is 5.69 Å². The quantitative estimate of drug-likeness (QED) is 0.391. The number of Topliss-reactive ketones (excluding diaryl/α,β-unsaturated/α-hetero) is 1. The number of anilines is 1. The van der Waals surface area contributed by atoms with Gasteiger partial charge < -0.3 is 5.32 Å². The predicted molar refractivity (Wildman–Crippen MR) is 113 cm³/mol. The SMILES string of the molecule is O=C(CCC(=O)c1ccc(-c2ccccc2)cc1)Nc1ccc(I)cc1. The standard InChI is InChI=1S/C22H18INO2/c23-19-10-12-20(13-11-19)24-22(26)15-14-21(25)18-8-6-17(7-9-18)16-4-2-1-3-5-16/h1-13H,14-15H2,(H,24,26). The van der Waals surface area contributed by atoms with Gasteiger partial charge >= 0.3 is 0 Å². The van der Waals surface area contributed by atoms with Crippen molar-refractivity contribution in [1.82, 2.24) is 0 Å². The minimum absolute atomic E-state index is 0.0256. The van der Waals surface area contributed by atoms with Gasteiger partial charge in [-0.1, -0.05) is 54.6 Å². The predicted octanol–water partition coefficient (Wildman–Crippen LogP) is 5.56. The first-order chi connectivity index (χ1) is 12.6. The van der Waals surface area contributed by atoms with Crippen molar-refractivity contribution in [3.63, 3.8) is 0 Å². The maximum atomic E-state index is 12.3. The van der Waals surface area contributed by atoms with E-state index in [0.29, 0.717) is 5.56 Å². The van der Waals surface area contributed by atoms with Crippen molar-refractivity contribution in [2.75, 3.05) is 5.32 Å². The normalized spacial score (nSPS) is 10.3. The molecule has 0 aromatic heterocycles. The highest BCUT2D eigenvalue weighted by atomic mass is 127. The molecule has 0 heterocycles. The summed E-state index contributed by atoms with van der Waals surface area (Å²) < 4.78 is 1.11. The molecule has 0 radical (unpaired) electrons. The van der Waals surface area contributed by atoms with E-state index in [1.807, 2.05) is 78.9 Å². The van der Waals surface area contributed by atoms with E-state index >= 15 is 0 Å². The van der Waals surface area contributed by atoms with E-state index in [1.54, 1.807) is 0 Å². The molecule has 0 atom stereocenters. The Hall–Kier alpha value is -2.47. The summed E-state index contributed by atoms with van der Waals surface area (Å²) in [5, 5.41) is 2.81. The average Bonchev–Trinajstić information content (AvgIpc) is 2.69. The maximum Gasteiger partial charge on any atom is 0.224 e. The fourth-order valence-electron chi connectivity index (χ4n) is 2.61. The van der Waals surface area contributed by atoms with Crippen LogP contribution in [0.3, 0.4) is 0 Å². The van der Waals surface area contributed by atoms with E-state index in [9.17, 15) is 9.59 Å². The van der Waals surface area contributed by atoms with Crippen molar-refractivity contribution in [3.05, 3.63) is 88.0 Å². The molecular weight excluding hydrogens is 437 g/mol. The molecule has 0 saturated carbocycles. The Bertz CT molecular complexity index is 888. The van der Waals surface area contributed by atoms with Crippen molar-refractivity contribution in [3.8, 4) is 11.1 Å². The fourth-order valence-corrected chi connectivity index (χ4v) is 2.97. The summed E-state index contributed by atoms with van der Waals surface area (Å²) >= 11 is 2.21. The number of amides is 1. The Kier molecular flexibility index (Phi) is 6.17. The number of nitrogens with one attached hydrogen (secondary N) is 1. The van der Waals surface area contributed by atoms with Crippen LogP contribution in [-0.2, 0) is 4.79 Å². The molecule has 0 fully saturated rings. The van der Waals surface area contributed by atoms with Crippen LogP contribution in [0.5, 0.6) is 0 Å². The lowest BCUT2D eigenvalue weighted by molar-refractivity contribution is -0.116. The molecule has 0 unspecified atom stereocenters. The second-order valence-corrected chi connectivity index (χ2v) is 7.17. The zero-order valence-electron chi connectivity index (χ0n) is 14.1. The van der Waals surface area contributed by atoms with Crippen LogP contribution in [0.2, 0.25) is 0 Å². The minimum atomic E-state index is -0.152. The summed E-state index contributed by atoms with van der Waals surface area (Å²) in [6, 6.07) is 25.1. The number of rotatable bonds is 6. The highest BCUT2D eigenvalue weighted by Crippen LogP contribution is 2.20. The van der Waals surface area contributed by atoms with Gasteiger partial charge in [0.05, 0.1) is 0 Å². The van der Waals surface area contributed by atoms with Crippen molar-refractivity contribution < 1.29 is 9.59 Å². The summed E-state index contributed by atoms with van der Waals surface area (Å²) in [7, 11) is 0. The molecule has 0 saturated heterocycles. The third-order valence-electron chi connectivity index (χ3n) is 4.02. The minimum Gasteiger partial charge on any atom is -0.326 e. The molecule has 3 rings (SSSR count). The monoisotopic (exact) mass is 455 g/mol. The summed E-state index contributed by atoms with van der Waals surface area (Å²) in [4.78, 5) is 24.3. The number of hydrogen-bond acceptors (Lipinski definition) is 2. The third kappa shape index (κ3) is 5.02. The van der Waals surface area contributed by atoms with Crippen molar-refractivity contribution in [2.45, 2.75) is 12.8 Å². The molecule has 0 aliphatic heterocycles. The van der Waals surface area contributed by atoms with Crippen molar-refractivity contribution in [1.29, 1.82) is 0 Å². The van der Waals surface area contributed by atoms with Crippen molar-refractivity contribution in [2.24, 2.45) is 0 Å². The topological polar surface area (TPSA) is 46.2 Å². The van der Waals surface area contributed by atoms with E-state index in [4.69, 9.17) is 0 Å². The zero-order chi connectivity index (χ0) is 18.4. The molecule has 3 aromatic rings. The summed E-state index contributed by atoms with van der Waals surface area (Å²) in [6.45, 7) is 0. The van der Waals surface area contributed by atoms with Crippen LogP contribution in [0, 0.1) is 3.57 Å². The van der Waals surface area contributed by atoms with Gasteiger partial charge in [0.1, 0.15) is 0 Å². The van der Waals surface area contributed by atoms with Crippen LogP contribution in [0.25, 0.3) is 11.1 Å². The fraction of sp³-hybridized carbons (Fsp3) is 0.0909. The third-order valence-corrected chi connectivity index (χ3v) is 4.74. The van der Waals surface area contributed by atoms with E-state index in [2.05, 4.69) is 27.9 Å². The van der Waals surface area contributed by atoms with Crippen LogP contribution < -0.4 is 5.32 Å². The molecule has 130 valence electrons. The highest BCUT2D eigenvalue weighted by Gasteiger charge is 2.10. The Morgan fingerprint density at radius 3 is 2.00 bits per heavy atom. The first kappa shape index (κ1) is 18.3. The van der Waals surface area contributed by atoms with E-state index < -0.39 is 0 Å². The van der Waals surface area contributed by atoms with Gasteiger partial charge in [0.15, 0.2) is 5.78 Å². The molecule has 3 nitrogen and oxygen atoms in total. The molecule has 1 N–H and O–H groups in total. The zero-order valence-corrected chi connectivity index (χ0v) is 16.3. The van der Waals surface area contributed by atoms with Crippen molar-refractivity contribution >= 4 is 40.0 Å². The lowest BCUT2D eigenvalue weighted by atomic mass is 10.0. The Morgan fingerprint density at radius 2 is 1.35 bits per heavy atom. The highest BCUT2D eigenvalue weighted by molar-refractivity contribution is 14.1. The second kappa shape index (κ2) is 8.76. The van der Waals surface area contributed by atoms with Crippen LogP contribution in [0.1, 0.15) is 23.2 Å². The number of hydrogen-bond donors (Lipinski definition) is 1. The molecule has 0 aliphatic rings. The Morgan fingerprint density at radius 1 is 0.731 bits per heavy atom. The van der Waals surface area contributed by atoms with E-state index in [-0.39, 0.29) is 24.5 Å². The number of carbonyl (C=O) groups is 2. The summed E-state index contributed by atoms with van der Waals surface area (Å²) in [6.07, 6.45) is 0.367. The average molecular weight is 455 g/mol. The van der Waals surface area contributed by atoms with E-state index in [0.717, 1.165) is 20.4 Å². The van der Waals surface area contributed by atoms with Gasteiger partial charge in [0, 0.05) is 27.7 Å². The smallest absolute Gasteiger partial charge is 0.224 e. The summed E-state index contributed by atoms with van der Waals surface area (Å²) in [5.41, 5.74) is 3.56. The maximum absolute atomic E-state index is 12.3. The number of carbonyl (C=O) groups excluding carboxylic acids is 2. The number of ketones is 1. The molecule has 0 spiro atoms. The molecule has 0 bridgehead atoms. The van der Waals surface area contributed by atoms with Crippen LogP contribution in [0.15, 0.2) is 78.9 Å².